The van der Waals surface area contributed by atoms with Gasteiger partial charge in [-0.1, -0.05) is 25.4 Å². The second-order valence-corrected chi connectivity index (χ2v) is 4.80. The molecule has 0 aliphatic heterocycles. The molecule has 0 aromatic heterocycles. The topological polar surface area (TPSA) is 49.3 Å². The Morgan fingerprint density at radius 3 is 2.37 bits per heavy atom. The van der Waals surface area contributed by atoms with Crippen molar-refractivity contribution in [3.8, 4) is 0 Å². The summed E-state index contributed by atoms with van der Waals surface area (Å²) in [4.78, 5) is 11.0. The molecule has 0 unspecified atom stereocenters. The normalized spacial score (nSPS) is 13.4. The molecule has 0 amide bonds. The molecule has 3 nitrogen and oxygen atoms in total. The molecular weight excluding hydrogens is 283 g/mol. The second kappa shape index (κ2) is 5.69. The van der Waals surface area contributed by atoms with Crippen molar-refractivity contribution < 1.29 is 23.1 Å². The summed E-state index contributed by atoms with van der Waals surface area (Å²) in [6, 6.07) is 2.24. The molecule has 0 saturated heterocycles. The van der Waals surface area contributed by atoms with E-state index >= 15 is 0 Å². The molecule has 19 heavy (non-hydrogen) atoms. The third-order valence-corrected chi connectivity index (χ3v) is 2.86. The first-order valence-corrected chi connectivity index (χ1v) is 5.87. The number of aliphatic carboxylic acids is 1. The molecule has 0 radical (unpaired) electrons. The number of alkyl halides is 3. The zero-order valence-electron chi connectivity index (χ0n) is 10.3. The molecule has 0 saturated carbocycles. The third kappa shape index (κ3) is 4.02. The van der Waals surface area contributed by atoms with Gasteiger partial charge in [-0.2, -0.15) is 13.2 Å². The minimum atomic E-state index is -4.58. The Morgan fingerprint density at radius 1 is 1.37 bits per heavy atom. The van der Waals surface area contributed by atoms with Gasteiger partial charge in [-0.3, -0.25) is 0 Å². The lowest BCUT2D eigenvalue weighted by atomic mass is 10.0. The summed E-state index contributed by atoms with van der Waals surface area (Å²) in [7, 11) is 0. The van der Waals surface area contributed by atoms with Crippen LogP contribution in [0.2, 0.25) is 5.02 Å². The van der Waals surface area contributed by atoms with Crippen LogP contribution in [-0.2, 0) is 11.0 Å². The predicted molar refractivity (Wildman–Crippen MR) is 66.3 cm³/mol. The molecule has 106 valence electrons. The highest BCUT2D eigenvalue weighted by atomic mass is 35.5. The fraction of sp³-hybridized carbons (Fsp3) is 0.417. The maximum atomic E-state index is 12.7. The van der Waals surface area contributed by atoms with Crippen LogP contribution in [0.3, 0.4) is 0 Å². The van der Waals surface area contributed by atoms with E-state index in [2.05, 4.69) is 5.32 Å². The van der Waals surface area contributed by atoms with Crippen molar-refractivity contribution in [1.29, 1.82) is 0 Å². The van der Waals surface area contributed by atoms with Gasteiger partial charge in [-0.15, -0.1) is 0 Å². The molecule has 7 heteroatoms. The summed E-state index contributed by atoms with van der Waals surface area (Å²) in [6.07, 6.45) is -4.58. The van der Waals surface area contributed by atoms with Gasteiger partial charge in [0, 0.05) is 5.69 Å². The average molecular weight is 296 g/mol. The van der Waals surface area contributed by atoms with Crippen LogP contribution in [0.15, 0.2) is 18.2 Å². The van der Waals surface area contributed by atoms with Crippen molar-refractivity contribution in [2.45, 2.75) is 26.1 Å². The summed E-state index contributed by atoms with van der Waals surface area (Å²) < 4.78 is 38.0. The quantitative estimate of drug-likeness (QED) is 0.886. The number of rotatable bonds is 4. The van der Waals surface area contributed by atoms with E-state index in [0.29, 0.717) is 0 Å². The van der Waals surface area contributed by atoms with E-state index in [1.807, 2.05) is 0 Å². The Hall–Kier alpha value is -1.43. The van der Waals surface area contributed by atoms with Crippen LogP contribution < -0.4 is 5.32 Å². The van der Waals surface area contributed by atoms with Crippen LogP contribution in [-0.4, -0.2) is 17.1 Å². The highest BCUT2D eigenvalue weighted by Gasteiger charge is 2.33. The molecule has 0 heterocycles. The van der Waals surface area contributed by atoms with E-state index in [0.717, 1.165) is 12.1 Å². The number of hydrogen-bond acceptors (Lipinski definition) is 2. The molecule has 0 spiro atoms. The fourth-order valence-electron chi connectivity index (χ4n) is 1.53. The molecule has 0 bridgehead atoms. The highest BCUT2D eigenvalue weighted by Crippen LogP contribution is 2.36. The van der Waals surface area contributed by atoms with Gasteiger partial charge in [0.05, 0.1) is 10.6 Å². The first-order chi connectivity index (χ1) is 8.62. The minimum Gasteiger partial charge on any atom is -0.480 e. The number of benzene rings is 1. The molecule has 1 aromatic carbocycles. The largest absolute Gasteiger partial charge is 0.480 e. The smallest absolute Gasteiger partial charge is 0.417 e. The number of hydrogen-bond donors (Lipinski definition) is 2. The fourth-order valence-corrected chi connectivity index (χ4v) is 1.75. The SMILES string of the molecule is CC(C)[C@H](Nc1ccc(Cl)c(C(F)(F)F)c1)C(=O)O. The summed E-state index contributed by atoms with van der Waals surface area (Å²) in [6.45, 7) is 3.32. The average Bonchev–Trinajstić information content (AvgIpc) is 2.25. The zero-order valence-corrected chi connectivity index (χ0v) is 11.0. The molecule has 0 aliphatic carbocycles. The van der Waals surface area contributed by atoms with Gasteiger partial charge in [-0.25, -0.2) is 4.79 Å². The Labute approximate surface area is 113 Å². The van der Waals surface area contributed by atoms with Crippen LogP contribution >= 0.6 is 11.6 Å². The van der Waals surface area contributed by atoms with E-state index in [4.69, 9.17) is 16.7 Å². The van der Waals surface area contributed by atoms with Crippen molar-refractivity contribution >= 4 is 23.3 Å². The van der Waals surface area contributed by atoms with Crippen molar-refractivity contribution in [2.75, 3.05) is 5.32 Å². The number of carboxylic acids is 1. The van der Waals surface area contributed by atoms with Crippen LogP contribution in [0.5, 0.6) is 0 Å². The molecule has 0 fully saturated rings. The maximum absolute atomic E-state index is 12.7. The molecular formula is C12H13ClF3NO2. The number of halogens is 4. The lowest BCUT2D eigenvalue weighted by Gasteiger charge is -2.20. The number of carboxylic acid groups (broad SMARTS) is 1. The molecule has 1 atom stereocenters. The van der Waals surface area contributed by atoms with Gasteiger partial charge in [0.2, 0.25) is 0 Å². The van der Waals surface area contributed by atoms with Crippen LogP contribution in [0.1, 0.15) is 19.4 Å². The minimum absolute atomic E-state index is 0.0674. The number of nitrogens with one attached hydrogen (secondary N) is 1. The van der Waals surface area contributed by atoms with Crippen molar-refractivity contribution in [1.82, 2.24) is 0 Å². The highest BCUT2D eigenvalue weighted by molar-refractivity contribution is 6.31. The number of anilines is 1. The summed E-state index contributed by atoms with van der Waals surface area (Å²) in [5, 5.41) is 11.1. The lowest BCUT2D eigenvalue weighted by molar-refractivity contribution is -0.139. The maximum Gasteiger partial charge on any atom is 0.417 e. The van der Waals surface area contributed by atoms with E-state index in [1.165, 1.54) is 6.07 Å². The van der Waals surface area contributed by atoms with E-state index in [9.17, 15) is 18.0 Å². The first kappa shape index (κ1) is 15.6. The van der Waals surface area contributed by atoms with Gasteiger partial charge < -0.3 is 10.4 Å². The van der Waals surface area contributed by atoms with Crippen LogP contribution in [0, 0.1) is 5.92 Å². The predicted octanol–water partition coefficient (Wildman–Crippen LogP) is 3.88. The van der Waals surface area contributed by atoms with E-state index in [1.54, 1.807) is 13.8 Å². The van der Waals surface area contributed by atoms with Gasteiger partial charge in [-0.05, 0) is 24.1 Å². The van der Waals surface area contributed by atoms with Gasteiger partial charge in [0.15, 0.2) is 0 Å². The van der Waals surface area contributed by atoms with Crippen molar-refractivity contribution in [3.63, 3.8) is 0 Å². The summed E-state index contributed by atoms with van der Waals surface area (Å²) in [5.74, 6) is -1.40. The van der Waals surface area contributed by atoms with Crippen molar-refractivity contribution in [2.24, 2.45) is 5.92 Å². The Kier molecular flexibility index (Phi) is 4.68. The first-order valence-electron chi connectivity index (χ1n) is 5.49. The molecule has 1 aromatic rings. The summed E-state index contributed by atoms with van der Waals surface area (Å²) in [5.41, 5.74) is -0.926. The Bertz CT molecular complexity index is 475. The van der Waals surface area contributed by atoms with Gasteiger partial charge >= 0.3 is 12.1 Å². The van der Waals surface area contributed by atoms with Gasteiger partial charge in [0.25, 0.3) is 0 Å². The Morgan fingerprint density at radius 2 is 1.95 bits per heavy atom. The molecule has 2 N–H and O–H groups in total. The van der Waals surface area contributed by atoms with E-state index < -0.39 is 28.8 Å². The second-order valence-electron chi connectivity index (χ2n) is 4.40. The third-order valence-electron chi connectivity index (χ3n) is 2.53. The Balaban J connectivity index is 3.06. The van der Waals surface area contributed by atoms with E-state index in [-0.39, 0.29) is 11.6 Å². The standard InChI is InChI=1S/C12H13ClF3NO2/c1-6(2)10(11(18)19)17-7-3-4-9(13)8(5-7)12(14,15)16/h3-6,10,17H,1-2H3,(H,18,19)/t10-/m0/s1. The van der Waals surface area contributed by atoms with Gasteiger partial charge in [0.1, 0.15) is 6.04 Å². The van der Waals surface area contributed by atoms with Crippen molar-refractivity contribution in [3.05, 3.63) is 28.8 Å². The van der Waals surface area contributed by atoms with Crippen LogP contribution in [0.4, 0.5) is 18.9 Å². The molecule has 1 rings (SSSR count). The molecule has 0 aliphatic rings. The van der Waals surface area contributed by atoms with Crippen LogP contribution in [0.25, 0.3) is 0 Å². The lowest BCUT2D eigenvalue weighted by Crippen LogP contribution is -2.34. The zero-order chi connectivity index (χ0) is 14.8. The summed E-state index contributed by atoms with van der Waals surface area (Å²) >= 11 is 5.48. The number of carbonyl (C=O) groups is 1. The monoisotopic (exact) mass is 295 g/mol.